The third-order valence-electron chi connectivity index (χ3n) is 3.35. The highest BCUT2D eigenvalue weighted by atomic mass is 16.5. The van der Waals surface area contributed by atoms with Crippen molar-refractivity contribution >= 4 is 11.7 Å². The Bertz CT molecular complexity index is 705. The number of rotatable bonds is 5. The molecule has 118 valence electrons. The second-order valence-corrected chi connectivity index (χ2v) is 5.17. The average Bonchev–Trinajstić information content (AvgIpc) is 2.57. The van der Waals surface area contributed by atoms with Crippen molar-refractivity contribution in [3.05, 3.63) is 59.7 Å². The van der Waals surface area contributed by atoms with Crippen molar-refractivity contribution in [2.24, 2.45) is 0 Å². The topological polar surface area (TPSA) is 65.4 Å². The Morgan fingerprint density at radius 2 is 1.91 bits per heavy atom. The lowest BCUT2D eigenvalue weighted by Crippen LogP contribution is -2.34. The molecule has 0 fully saturated rings. The summed E-state index contributed by atoms with van der Waals surface area (Å²) in [4.78, 5) is 13.6. The highest BCUT2D eigenvalue weighted by Gasteiger charge is 2.10. The van der Waals surface area contributed by atoms with E-state index in [2.05, 4.69) is 11.4 Å². The molecule has 2 amide bonds. The van der Waals surface area contributed by atoms with E-state index >= 15 is 0 Å². The van der Waals surface area contributed by atoms with E-state index < -0.39 is 0 Å². The van der Waals surface area contributed by atoms with E-state index in [1.165, 1.54) is 10.5 Å². The third kappa shape index (κ3) is 4.75. The number of aryl methyl sites for hydroxylation is 1. The molecule has 0 saturated carbocycles. The van der Waals surface area contributed by atoms with Crippen molar-refractivity contribution in [2.75, 3.05) is 25.5 Å². The number of nitriles is 1. The number of hydrogen-bond acceptors (Lipinski definition) is 3. The number of benzene rings is 2. The van der Waals surface area contributed by atoms with Gasteiger partial charge in [-0.15, -0.1) is 0 Å². The largest absolute Gasteiger partial charge is 0.492 e. The smallest absolute Gasteiger partial charge is 0.321 e. The first-order valence-corrected chi connectivity index (χ1v) is 7.31. The van der Waals surface area contributed by atoms with Crippen LogP contribution in [0.2, 0.25) is 0 Å². The van der Waals surface area contributed by atoms with Gasteiger partial charge in [0, 0.05) is 7.05 Å². The van der Waals surface area contributed by atoms with Gasteiger partial charge in [-0.2, -0.15) is 5.26 Å². The van der Waals surface area contributed by atoms with E-state index in [0.29, 0.717) is 24.4 Å². The molecule has 2 aromatic carbocycles. The highest BCUT2D eigenvalue weighted by Crippen LogP contribution is 2.14. The predicted octanol–water partition coefficient (Wildman–Crippen LogP) is 3.41. The third-order valence-corrected chi connectivity index (χ3v) is 3.35. The molecular weight excluding hydrogens is 290 g/mol. The first-order valence-electron chi connectivity index (χ1n) is 7.31. The van der Waals surface area contributed by atoms with E-state index in [9.17, 15) is 4.79 Å². The van der Waals surface area contributed by atoms with E-state index in [-0.39, 0.29) is 6.03 Å². The SMILES string of the molecule is Cc1ccc(OCCN(C)C(=O)Nc2ccccc2C#N)cc1. The van der Waals surface area contributed by atoms with Crippen molar-refractivity contribution in [3.63, 3.8) is 0 Å². The van der Waals surface area contributed by atoms with Crippen LogP contribution < -0.4 is 10.1 Å². The number of nitrogens with one attached hydrogen (secondary N) is 1. The summed E-state index contributed by atoms with van der Waals surface area (Å²) in [5, 5.41) is 11.7. The Kier molecular flexibility index (Phi) is 5.59. The summed E-state index contributed by atoms with van der Waals surface area (Å²) in [6.45, 7) is 2.85. The molecule has 0 bridgehead atoms. The van der Waals surface area contributed by atoms with Crippen LogP contribution in [0.5, 0.6) is 5.75 Å². The second kappa shape index (κ2) is 7.85. The first-order chi connectivity index (χ1) is 11.1. The van der Waals surface area contributed by atoms with Gasteiger partial charge in [-0.3, -0.25) is 0 Å². The summed E-state index contributed by atoms with van der Waals surface area (Å²) in [5.74, 6) is 0.777. The maximum Gasteiger partial charge on any atom is 0.321 e. The average molecular weight is 309 g/mol. The summed E-state index contributed by atoms with van der Waals surface area (Å²) in [7, 11) is 1.68. The summed E-state index contributed by atoms with van der Waals surface area (Å²) in [5.41, 5.74) is 2.11. The van der Waals surface area contributed by atoms with Crippen LogP contribution in [-0.4, -0.2) is 31.1 Å². The molecule has 5 heteroatoms. The molecule has 0 unspecified atom stereocenters. The van der Waals surface area contributed by atoms with Crippen molar-refractivity contribution < 1.29 is 9.53 Å². The molecule has 0 saturated heterocycles. The maximum atomic E-state index is 12.1. The number of likely N-dealkylation sites (N-methyl/N-ethyl adjacent to an activating group) is 1. The fourth-order valence-electron chi connectivity index (χ4n) is 1.94. The zero-order chi connectivity index (χ0) is 16.7. The normalized spacial score (nSPS) is 9.78. The molecule has 2 rings (SSSR count). The minimum absolute atomic E-state index is 0.278. The Labute approximate surface area is 136 Å². The minimum atomic E-state index is -0.278. The number of hydrogen-bond donors (Lipinski definition) is 1. The van der Waals surface area contributed by atoms with Gasteiger partial charge in [0.05, 0.1) is 17.8 Å². The van der Waals surface area contributed by atoms with Gasteiger partial charge in [0.2, 0.25) is 0 Å². The Morgan fingerprint density at radius 1 is 1.22 bits per heavy atom. The van der Waals surface area contributed by atoms with Gasteiger partial charge in [-0.1, -0.05) is 29.8 Å². The van der Waals surface area contributed by atoms with Gasteiger partial charge in [-0.05, 0) is 31.2 Å². The molecule has 1 N–H and O–H groups in total. The van der Waals surface area contributed by atoms with E-state index in [4.69, 9.17) is 10.00 Å². The Morgan fingerprint density at radius 3 is 2.61 bits per heavy atom. The molecule has 0 aromatic heterocycles. The first kappa shape index (κ1) is 16.4. The minimum Gasteiger partial charge on any atom is -0.492 e. The number of carbonyl (C=O) groups excluding carboxylic acids is 1. The molecule has 0 heterocycles. The van der Waals surface area contributed by atoms with Gasteiger partial charge >= 0.3 is 6.03 Å². The predicted molar refractivity (Wildman–Crippen MR) is 89.5 cm³/mol. The molecule has 0 spiro atoms. The number of urea groups is 1. The summed E-state index contributed by atoms with van der Waals surface area (Å²) in [6.07, 6.45) is 0. The molecule has 2 aromatic rings. The molecule has 0 aliphatic heterocycles. The molecule has 5 nitrogen and oxygen atoms in total. The van der Waals surface area contributed by atoms with E-state index in [0.717, 1.165) is 5.75 Å². The highest BCUT2D eigenvalue weighted by molar-refractivity contribution is 5.90. The number of nitrogens with zero attached hydrogens (tertiary/aromatic N) is 2. The standard InChI is InChI=1S/C18H19N3O2/c1-14-7-9-16(10-8-14)23-12-11-21(2)18(22)20-17-6-4-3-5-15(17)13-19/h3-10H,11-12H2,1-2H3,(H,20,22). The second-order valence-electron chi connectivity index (χ2n) is 5.17. The van der Waals surface area contributed by atoms with E-state index in [1.54, 1.807) is 31.3 Å². The van der Waals surface area contributed by atoms with Crippen LogP contribution in [0.15, 0.2) is 48.5 Å². The number of amides is 2. The molecule has 0 aliphatic carbocycles. The van der Waals surface area contributed by atoms with Crippen LogP contribution in [0, 0.1) is 18.3 Å². The van der Waals surface area contributed by atoms with Crippen molar-refractivity contribution in [1.82, 2.24) is 4.90 Å². The monoisotopic (exact) mass is 309 g/mol. The molecule has 23 heavy (non-hydrogen) atoms. The van der Waals surface area contributed by atoms with Gasteiger partial charge < -0.3 is 15.0 Å². The lowest BCUT2D eigenvalue weighted by Gasteiger charge is -2.18. The lowest BCUT2D eigenvalue weighted by atomic mass is 10.2. The van der Waals surface area contributed by atoms with Crippen LogP contribution in [0.1, 0.15) is 11.1 Å². The van der Waals surface area contributed by atoms with Crippen LogP contribution >= 0.6 is 0 Å². The quantitative estimate of drug-likeness (QED) is 0.920. The fraction of sp³-hybridized carbons (Fsp3) is 0.222. The number of para-hydroxylation sites is 1. The molecule has 0 aliphatic rings. The van der Waals surface area contributed by atoms with Crippen LogP contribution in [-0.2, 0) is 0 Å². The number of anilines is 1. The number of ether oxygens (including phenoxy) is 1. The Balaban J connectivity index is 1.83. The zero-order valence-corrected chi connectivity index (χ0v) is 13.2. The maximum absolute atomic E-state index is 12.1. The summed E-state index contributed by atoms with van der Waals surface area (Å²) < 4.78 is 5.60. The van der Waals surface area contributed by atoms with Gasteiger partial charge in [-0.25, -0.2) is 4.79 Å². The van der Waals surface area contributed by atoms with Crippen molar-refractivity contribution in [2.45, 2.75) is 6.92 Å². The zero-order valence-electron chi connectivity index (χ0n) is 13.2. The molecule has 0 radical (unpaired) electrons. The van der Waals surface area contributed by atoms with Crippen molar-refractivity contribution in [1.29, 1.82) is 5.26 Å². The summed E-state index contributed by atoms with van der Waals surface area (Å²) in [6, 6.07) is 16.4. The van der Waals surface area contributed by atoms with Gasteiger partial charge in [0.25, 0.3) is 0 Å². The molecular formula is C18H19N3O2. The van der Waals surface area contributed by atoms with Crippen LogP contribution in [0.4, 0.5) is 10.5 Å². The summed E-state index contributed by atoms with van der Waals surface area (Å²) >= 11 is 0. The number of carbonyl (C=O) groups is 1. The van der Waals surface area contributed by atoms with Crippen LogP contribution in [0.25, 0.3) is 0 Å². The van der Waals surface area contributed by atoms with Gasteiger partial charge in [0.1, 0.15) is 18.4 Å². The Hall–Kier alpha value is -3.00. The van der Waals surface area contributed by atoms with Crippen LogP contribution in [0.3, 0.4) is 0 Å². The van der Waals surface area contributed by atoms with E-state index in [1.807, 2.05) is 31.2 Å². The molecule has 0 atom stereocenters. The van der Waals surface area contributed by atoms with Crippen molar-refractivity contribution in [3.8, 4) is 11.8 Å². The fourth-order valence-corrected chi connectivity index (χ4v) is 1.94. The van der Waals surface area contributed by atoms with Gasteiger partial charge in [0.15, 0.2) is 0 Å². The lowest BCUT2D eigenvalue weighted by molar-refractivity contribution is 0.207.